The molecule has 6 rings (SSSR count). The quantitative estimate of drug-likeness (QED) is 0.0332. The Kier molecular flexibility index (Phi) is 18.2. The fourth-order valence-electron chi connectivity index (χ4n) is 8.62. The predicted octanol–water partition coefficient (Wildman–Crippen LogP) is 5.60. The number of carboxylic acids is 1. The minimum absolute atomic E-state index is 0.0608. The largest absolute Gasteiger partial charge is 0.480 e. The summed E-state index contributed by atoms with van der Waals surface area (Å²) in [5.41, 5.74) is 4.18. The molecule has 5 aromatic rings. The number of benzene rings is 5. The van der Waals surface area contributed by atoms with Gasteiger partial charge in [-0.3, -0.25) is 33.6 Å². The van der Waals surface area contributed by atoms with E-state index in [1.165, 1.54) is 13.8 Å². The zero-order valence-electron chi connectivity index (χ0n) is 41.4. The van der Waals surface area contributed by atoms with Crippen LogP contribution in [0.4, 0.5) is 4.79 Å². The molecule has 4 atom stereocenters. The smallest absolute Gasteiger partial charge is 0.407 e. The molecule has 382 valence electrons. The SMILES string of the molecule is C[C@H](NC(=O)[C@H](C)NC(=O)[C@H](CCC(=O)NC(c1ccccc1)(c1ccccc1)c1ccccc1)NC(=O)CNC(=O)[C@H](CCC(=O)OC(C)(C)C)NC(=O)OCC1c2ccccc2-c2ccccc21)C(=O)O. The summed E-state index contributed by atoms with van der Waals surface area (Å²) in [7, 11) is 0. The fraction of sp³-hybridized carbons (Fsp3) is 0.321. The van der Waals surface area contributed by atoms with Crippen molar-refractivity contribution in [3.8, 4) is 11.1 Å². The average Bonchev–Trinajstić information content (AvgIpc) is 3.70. The molecule has 73 heavy (non-hydrogen) atoms. The normalized spacial score (nSPS) is 13.5. The van der Waals surface area contributed by atoms with E-state index in [9.17, 15) is 43.5 Å². The highest BCUT2D eigenvalue weighted by Crippen LogP contribution is 2.44. The first-order chi connectivity index (χ1) is 34.9. The second-order valence-corrected chi connectivity index (χ2v) is 18.7. The Morgan fingerprint density at radius 2 is 1.01 bits per heavy atom. The van der Waals surface area contributed by atoms with Crippen molar-refractivity contribution in [3.63, 3.8) is 0 Å². The Morgan fingerprint density at radius 3 is 1.52 bits per heavy atom. The van der Waals surface area contributed by atoms with E-state index in [2.05, 4.69) is 31.9 Å². The number of esters is 1. The Labute approximate surface area is 424 Å². The van der Waals surface area contributed by atoms with Crippen LogP contribution in [0.15, 0.2) is 140 Å². The van der Waals surface area contributed by atoms with E-state index in [0.29, 0.717) is 0 Å². The van der Waals surface area contributed by atoms with Crippen LogP contribution in [0.2, 0.25) is 0 Å². The number of carbonyl (C=O) groups excluding carboxylic acids is 7. The maximum atomic E-state index is 14.3. The second kappa shape index (κ2) is 24.7. The molecule has 0 aromatic heterocycles. The van der Waals surface area contributed by atoms with Crippen molar-refractivity contribution in [3.05, 3.63) is 167 Å². The second-order valence-electron chi connectivity index (χ2n) is 18.7. The summed E-state index contributed by atoms with van der Waals surface area (Å²) in [4.78, 5) is 106. The van der Waals surface area contributed by atoms with Crippen molar-refractivity contribution in [2.75, 3.05) is 13.2 Å². The van der Waals surface area contributed by atoms with Gasteiger partial charge in [0, 0.05) is 18.8 Å². The molecule has 0 unspecified atom stereocenters. The molecule has 0 saturated carbocycles. The number of aliphatic carboxylic acids is 1. The van der Waals surface area contributed by atoms with E-state index < -0.39 is 89.4 Å². The van der Waals surface area contributed by atoms with Gasteiger partial charge >= 0.3 is 18.0 Å². The third kappa shape index (κ3) is 14.4. The molecular formula is C56H62N6O11. The highest BCUT2D eigenvalue weighted by molar-refractivity contribution is 5.95. The average molecular weight is 995 g/mol. The first-order valence-corrected chi connectivity index (χ1v) is 24.1. The predicted molar refractivity (Wildman–Crippen MR) is 271 cm³/mol. The van der Waals surface area contributed by atoms with Gasteiger partial charge < -0.3 is 46.5 Å². The Balaban J connectivity index is 1.17. The standard InChI is InChI=1S/C56H62N6O11/c1-35(50(66)59-36(2)53(69)70)58-52(68)46(29-31-47(63)62-56(37-19-9-6-10-20-37,38-21-11-7-12-22-38)39-23-13-8-14-24-39)60-48(64)33-57-51(67)45(30-32-49(65)73-55(3,4)5)61-54(71)72-34-44-42-27-17-15-25-40(42)41-26-16-18-28-43(41)44/h6-28,35-36,44-46H,29-34H2,1-5H3,(H,57,67)(H,58,68)(H,59,66)(H,60,64)(H,61,71)(H,62,63)(H,69,70)/t35-,36-,45-,46-/m0/s1. The molecule has 1 aliphatic carbocycles. The van der Waals surface area contributed by atoms with Gasteiger partial charge in [0.15, 0.2) is 0 Å². The maximum Gasteiger partial charge on any atom is 0.407 e. The number of rotatable bonds is 22. The van der Waals surface area contributed by atoms with Gasteiger partial charge in [0.05, 0.1) is 6.54 Å². The highest BCUT2D eigenvalue weighted by atomic mass is 16.6. The number of amides is 6. The van der Waals surface area contributed by atoms with Crippen molar-refractivity contribution in [1.82, 2.24) is 31.9 Å². The molecule has 0 fully saturated rings. The summed E-state index contributed by atoms with van der Waals surface area (Å²) < 4.78 is 11.1. The van der Waals surface area contributed by atoms with Gasteiger partial charge in [-0.15, -0.1) is 0 Å². The molecule has 5 aromatic carbocycles. The van der Waals surface area contributed by atoms with Crippen LogP contribution in [0, 0.1) is 0 Å². The first-order valence-electron chi connectivity index (χ1n) is 24.1. The van der Waals surface area contributed by atoms with Crippen LogP contribution in [0.3, 0.4) is 0 Å². The molecule has 7 N–H and O–H groups in total. The summed E-state index contributed by atoms with van der Waals surface area (Å²) in [6.07, 6.45) is -2.09. The molecule has 0 spiro atoms. The van der Waals surface area contributed by atoms with Crippen molar-refractivity contribution >= 4 is 47.6 Å². The van der Waals surface area contributed by atoms with E-state index in [1.807, 2.05) is 140 Å². The molecule has 0 radical (unpaired) electrons. The van der Waals surface area contributed by atoms with Crippen molar-refractivity contribution in [2.24, 2.45) is 0 Å². The van der Waals surface area contributed by atoms with Gasteiger partial charge in [-0.2, -0.15) is 0 Å². The lowest BCUT2D eigenvalue weighted by Crippen LogP contribution is -2.56. The summed E-state index contributed by atoms with van der Waals surface area (Å²) in [5, 5.41) is 24.9. The number of alkyl carbamates (subject to hydrolysis) is 1. The number of nitrogens with one attached hydrogen (secondary N) is 6. The molecule has 0 bridgehead atoms. The van der Waals surface area contributed by atoms with E-state index in [-0.39, 0.29) is 38.2 Å². The molecule has 6 amide bonds. The monoisotopic (exact) mass is 994 g/mol. The lowest BCUT2D eigenvalue weighted by molar-refractivity contribution is -0.155. The Morgan fingerprint density at radius 1 is 0.548 bits per heavy atom. The van der Waals surface area contributed by atoms with Gasteiger partial charge in [-0.1, -0.05) is 140 Å². The maximum absolute atomic E-state index is 14.3. The van der Waals surface area contributed by atoms with Gasteiger partial charge in [0.1, 0.15) is 41.9 Å². The summed E-state index contributed by atoms with van der Waals surface area (Å²) in [5.74, 6) is -6.17. The van der Waals surface area contributed by atoms with Crippen LogP contribution in [0.25, 0.3) is 11.1 Å². The zero-order chi connectivity index (χ0) is 52.7. The van der Waals surface area contributed by atoms with Crippen molar-refractivity contribution in [1.29, 1.82) is 0 Å². The van der Waals surface area contributed by atoms with Crippen molar-refractivity contribution < 1.29 is 52.9 Å². The fourth-order valence-corrected chi connectivity index (χ4v) is 8.62. The molecular weight excluding hydrogens is 933 g/mol. The van der Waals surface area contributed by atoms with Crippen molar-refractivity contribution in [2.45, 2.75) is 102 Å². The highest BCUT2D eigenvalue weighted by Gasteiger charge is 2.38. The zero-order valence-corrected chi connectivity index (χ0v) is 41.4. The minimum Gasteiger partial charge on any atom is -0.480 e. The van der Waals surface area contributed by atoms with Crippen LogP contribution < -0.4 is 31.9 Å². The van der Waals surface area contributed by atoms with Crippen LogP contribution in [-0.2, 0) is 48.6 Å². The van der Waals surface area contributed by atoms with E-state index in [0.717, 1.165) is 38.9 Å². The third-order valence-corrected chi connectivity index (χ3v) is 12.2. The van der Waals surface area contributed by atoms with Gasteiger partial charge in [0.2, 0.25) is 29.5 Å². The van der Waals surface area contributed by atoms with Crippen LogP contribution in [-0.4, -0.2) is 95.6 Å². The van der Waals surface area contributed by atoms with Gasteiger partial charge in [-0.25, -0.2) is 4.79 Å². The summed E-state index contributed by atoms with van der Waals surface area (Å²) in [6.45, 7) is 6.84. The molecule has 0 saturated heterocycles. The van der Waals surface area contributed by atoms with Gasteiger partial charge in [0.25, 0.3) is 0 Å². The van der Waals surface area contributed by atoms with Gasteiger partial charge in [-0.05, 0) is 86.4 Å². The Bertz CT molecular complexity index is 2620. The first kappa shape index (κ1) is 54.0. The molecule has 17 heteroatoms. The number of hydrogen-bond donors (Lipinski definition) is 7. The number of ether oxygens (including phenoxy) is 2. The third-order valence-electron chi connectivity index (χ3n) is 12.2. The number of carboxylic acid groups (broad SMARTS) is 1. The summed E-state index contributed by atoms with van der Waals surface area (Å²) >= 11 is 0. The Hall–Kier alpha value is -8.34. The van der Waals surface area contributed by atoms with Crippen LogP contribution in [0.1, 0.15) is 94.0 Å². The molecule has 0 aliphatic heterocycles. The number of carbonyl (C=O) groups is 8. The molecule has 1 aliphatic rings. The van der Waals surface area contributed by atoms with Crippen LogP contribution >= 0.6 is 0 Å². The van der Waals surface area contributed by atoms with E-state index in [1.54, 1.807) is 20.8 Å². The number of hydrogen-bond acceptors (Lipinski definition) is 10. The lowest BCUT2D eigenvalue weighted by Gasteiger charge is -2.37. The van der Waals surface area contributed by atoms with Crippen LogP contribution in [0.5, 0.6) is 0 Å². The summed E-state index contributed by atoms with van der Waals surface area (Å²) in [6, 6.07) is 38.2. The van der Waals surface area contributed by atoms with E-state index >= 15 is 0 Å². The number of fused-ring (bicyclic) bond motifs is 3. The lowest BCUT2D eigenvalue weighted by atomic mass is 9.77. The topological polar surface area (TPSA) is 247 Å². The minimum atomic E-state index is -1.47. The molecule has 0 heterocycles. The van der Waals surface area contributed by atoms with E-state index in [4.69, 9.17) is 9.47 Å². The molecule has 17 nitrogen and oxygen atoms in total.